The first-order chi connectivity index (χ1) is 7.65. The Morgan fingerprint density at radius 1 is 1.75 bits per heavy atom. The van der Waals surface area contributed by atoms with E-state index in [9.17, 15) is 4.79 Å². The average Bonchev–Trinajstić information content (AvgIpc) is 2.87. The number of hydrogen-bond acceptors (Lipinski definition) is 5. The van der Waals surface area contributed by atoms with Gasteiger partial charge < -0.3 is 9.15 Å². The van der Waals surface area contributed by atoms with Crippen LogP contribution in [0.2, 0.25) is 0 Å². The van der Waals surface area contributed by atoms with E-state index in [1.807, 2.05) is 12.1 Å². The molecular formula is C11H13NO3S. The molecule has 2 heterocycles. The Morgan fingerprint density at radius 3 is 3.19 bits per heavy atom. The zero-order valence-electron chi connectivity index (χ0n) is 9.23. The highest BCUT2D eigenvalue weighted by atomic mass is 32.2. The summed E-state index contributed by atoms with van der Waals surface area (Å²) in [4.78, 5) is 15.3. The van der Waals surface area contributed by atoms with Crippen molar-refractivity contribution in [3.05, 3.63) is 24.2 Å². The van der Waals surface area contributed by atoms with Gasteiger partial charge in [-0.1, -0.05) is 0 Å². The number of ether oxygens (including phenoxy) is 1. The Kier molecular flexibility index (Phi) is 3.05. The molecule has 0 spiro atoms. The van der Waals surface area contributed by atoms with Crippen LogP contribution in [0.3, 0.4) is 0 Å². The summed E-state index contributed by atoms with van der Waals surface area (Å²) in [5.41, 5.74) is 0.811. The fraction of sp³-hybridized carbons (Fsp3) is 0.455. The van der Waals surface area contributed by atoms with Crippen molar-refractivity contribution in [2.24, 2.45) is 4.99 Å². The summed E-state index contributed by atoms with van der Waals surface area (Å²) < 4.78 is 10.3. The average molecular weight is 239 g/mol. The maximum Gasteiger partial charge on any atom is 0.344 e. The van der Waals surface area contributed by atoms with Gasteiger partial charge in [0.2, 0.25) is 4.87 Å². The van der Waals surface area contributed by atoms with E-state index in [4.69, 9.17) is 9.15 Å². The molecule has 16 heavy (non-hydrogen) atoms. The molecule has 1 aliphatic heterocycles. The van der Waals surface area contributed by atoms with Gasteiger partial charge in [0.05, 0.1) is 18.6 Å². The molecule has 0 amide bonds. The molecule has 1 unspecified atom stereocenters. The van der Waals surface area contributed by atoms with Crippen LogP contribution in [0.4, 0.5) is 0 Å². The number of carbonyl (C=O) groups excluding carboxylic acids is 1. The molecule has 0 saturated heterocycles. The number of carbonyl (C=O) groups is 1. The van der Waals surface area contributed by atoms with Gasteiger partial charge in [0.25, 0.3) is 0 Å². The molecule has 0 aliphatic carbocycles. The first-order valence-corrected chi connectivity index (χ1v) is 6.08. The van der Waals surface area contributed by atoms with Crippen LogP contribution in [0.5, 0.6) is 0 Å². The van der Waals surface area contributed by atoms with Gasteiger partial charge in [-0.3, -0.25) is 4.99 Å². The zero-order valence-corrected chi connectivity index (χ0v) is 10.0. The molecule has 1 atom stereocenters. The molecule has 86 valence electrons. The minimum absolute atomic E-state index is 0.290. The molecule has 0 bridgehead atoms. The van der Waals surface area contributed by atoms with Gasteiger partial charge in [0, 0.05) is 5.75 Å². The van der Waals surface area contributed by atoms with Gasteiger partial charge >= 0.3 is 5.97 Å². The van der Waals surface area contributed by atoms with Crippen LogP contribution in [0.25, 0.3) is 0 Å². The molecule has 0 fully saturated rings. The Balaban J connectivity index is 2.19. The number of hydrogen-bond donors (Lipinski definition) is 0. The first kappa shape index (κ1) is 11.3. The fourth-order valence-corrected chi connectivity index (χ4v) is 2.45. The third kappa shape index (κ3) is 2.00. The topological polar surface area (TPSA) is 51.8 Å². The summed E-state index contributed by atoms with van der Waals surface area (Å²) in [6.45, 7) is 3.93. The van der Waals surface area contributed by atoms with Gasteiger partial charge in [-0.05, 0) is 26.0 Å². The zero-order chi connectivity index (χ0) is 11.6. The van der Waals surface area contributed by atoms with Gasteiger partial charge in [0.1, 0.15) is 5.76 Å². The van der Waals surface area contributed by atoms with Gasteiger partial charge in [-0.25, -0.2) is 4.79 Å². The van der Waals surface area contributed by atoms with Crippen molar-refractivity contribution in [2.45, 2.75) is 18.7 Å². The van der Waals surface area contributed by atoms with Crippen LogP contribution >= 0.6 is 11.8 Å². The third-order valence-corrected chi connectivity index (χ3v) is 3.54. The van der Waals surface area contributed by atoms with Crippen LogP contribution in [-0.2, 0) is 9.53 Å². The van der Waals surface area contributed by atoms with Crippen LogP contribution in [0, 0.1) is 0 Å². The summed E-state index contributed by atoms with van der Waals surface area (Å²) in [6.07, 6.45) is 1.60. The lowest BCUT2D eigenvalue weighted by Gasteiger charge is -2.16. The van der Waals surface area contributed by atoms with Crippen LogP contribution < -0.4 is 0 Å². The molecule has 1 aromatic heterocycles. The van der Waals surface area contributed by atoms with Crippen molar-refractivity contribution in [2.75, 3.05) is 12.4 Å². The number of thioether (sulfide) groups is 1. The van der Waals surface area contributed by atoms with Crippen molar-refractivity contribution in [3.63, 3.8) is 0 Å². The largest absolute Gasteiger partial charge is 0.464 e. The number of nitrogens with zero attached hydrogens (tertiary/aromatic N) is 1. The van der Waals surface area contributed by atoms with Crippen molar-refractivity contribution < 1.29 is 13.9 Å². The minimum Gasteiger partial charge on any atom is -0.464 e. The normalized spacial score (nSPS) is 24.2. The van der Waals surface area contributed by atoms with Crippen molar-refractivity contribution in [3.8, 4) is 0 Å². The molecule has 0 saturated carbocycles. The van der Waals surface area contributed by atoms with E-state index in [-0.39, 0.29) is 5.97 Å². The number of rotatable bonds is 3. The van der Waals surface area contributed by atoms with Gasteiger partial charge in [-0.2, -0.15) is 0 Å². The van der Waals surface area contributed by atoms with E-state index in [1.165, 1.54) is 11.8 Å². The summed E-state index contributed by atoms with van der Waals surface area (Å²) >= 11 is 1.46. The van der Waals surface area contributed by atoms with Crippen LogP contribution in [-0.4, -0.2) is 28.9 Å². The molecule has 5 heteroatoms. The second-order valence-corrected chi connectivity index (χ2v) is 4.90. The van der Waals surface area contributed by atoms with E-state index in [0.29, 0.717) is 12.4 Å². The van der Waals surface area contributed by atoms with E-state index < -0.39 is 4.87 Å². The highest BCUT2D eigenvalue weighted by Gasteiger charge is 2.40. The van der Waals surface area contributed by atoms with E-state index in [2.05, 4.69) is 4.99 Å². The highest BCUT2D eigenvalue weighted by Crippen LogP contribution is 2.35. The number of furan rings is 1. The Bertz CT molecular complexity index is 413. The minimum atomic E-state index is -0.821. The summed E-state index contributed by atoms with van der Waals surface area (Å²) in [7, 11) is 0. The maximum absolute atomic E-state index is 11.7. The fourth-order valence-electron chi connectivity index (χ4n) is 1.47. The van der Waals surface area contributed by atoms with E-state index >= 15 is 0 Å². The van der Waals surface area contributed by atoms with Crippen LogP contribution in [0.15, 0.2) is 27.8 Å². The quantitative estimate of drug-likeness (QED) is 0.758. The Labute approximate surface area is 98.1 Å². The lowest BCUT2D eigenvalue weighted by molar-refractivity contribution is -0.145. The standard InChI is InChI=1S/C11H13NO3S/c1-3-14-10(13)11(2)12-8(7-16-11)9-5-4-6-15-9/h4-6H,3,7H2,1-2H3. The van der Waals surface area contributed by atoms with Crippen molar-refractivity contribution in [1.82, 2.24) is 0 Å². The summed E-state index contributed by atoms with van der Waals surface area (Å²) in [6, 6.07) is 3.65. The van der Waals surface area contributed by atoms with Gasteiger partial charge in [0.15, 0.2) is 0 Å². The summed E-state index contributed by atoms with van der Waals surface area (Å²) in [5, 5.41) is 0. The number of esters is 1. The SMILES string of the molecule is CCOC(=O)C1(C)N=C(c2ccco2)CS1. The number of aliphatic imine (C=N–C) groups is 1. The monoisotopic (exact) mass is 239 g/mol. The molecule has 1 aliphatic rings. The predicted octanol–water partition coefficient (Wildman–Crippen LogP) is 2.09. The van der Waals surface area contributed by atoms with E-state index in [0.717, 1.165) is 11.5 Å². The molecule has 2 rings (SSSR count). The second-order valence-electron chi connectivity index (χ2n) is 3.53. The molecule has 0 N–H and O–H groups in total. The molecule has 4 nitrogen and oxygen atoms in total. The molecule has 0 radical (unpaired) electrons. The molecule has 0 aromatic carbocycles. The smallest absolute Gasteiger partial charge is 0.344 e. The molecule has 1 aromatic rings. The first-order valence-electron chi connectivity index (χ1n) is 5.09. The predicted molar refractivity (Wildman–Crippen MR) is 62.7 cm³/mol. The third-order valence-electron chi connectivity index (χ3n) is 2.30. The van der Waals surface area contributed by atoms with Crippen molar-refractivity contribution in [1.29, 1.82) is 0 Å². The van der Waals surface area contributed by atoms with Gasteiger partial charge in [-0.15, -0.1) is 11.8 Å². The lowest BCUT2D eigenvalue weighted by Crippen LogP contribution is -2.29. The summed E-state index contributed by atoms with van der Waals surface area (Å²) in [5.74, 6) is 1.10. The highest BCUT2D eigenvalue weighted by molar-refractivity contribution is 8.02. The Morgan fingerprint density at radius 2 is 2.56 bits per heavy atom. The Hall–Kier alpha value is -1.23. The molecular weight excluding hydrogens is 226 g/mol. The second kappa shape index (κ2) is 4.33. The lowest BCUT2D eigenvalue weighted by atomic mass is 10.3. The maximum atomic E-state index is 11.7. The van der Waals surface area contributed by atoms with Crippen LogP contribution in [0.1, 0.15) is 19.6 Å². The van der Waals surface area contributed by atoms with Crippen molar-refractivity contribution >= 4 is 23.4 Å². The van der Waals surface area contributed by atoms with E-state index in [1.54, 1.807) is 20.1 Å².